The first-order valence-electron chi connectivity index (χ1n) is 7.84. The Morgan fingerprint density at radius 2 is 2.14 bits per heavy atom. The Morgan fingerprint density at radius 3 is 2.82 bits per heavy atom. The molecule has 1 aliphatic carbocycles. The lowest BCUT2D eigenvalue weighted by molar-refractivity contribution is -0.128. The number of rotatable bonds is 5. The molecule has 1 aromatic carbocycles. The van der Waals surface area contributed by atoms with Crippen LogP contribution in [0.5, 0.6) is 5.75 Å². The maximum Gasteiger partial charge on any atom is 0.261 e. The van der Waals surface area contributed by atoms with E-state index in [2.05, 4.69) is 5.32 Å². The molecule has 0 heterocycles. The van der Waals surface area contributed by atoms with Gasteiger partial charge in [0.1, 0.15) is 5.75 Å². The Hall–Kier alpha value is -1.26. The summed E-state index contributed by atoms with van der Waals surface area (Å²) in [6.45, 7) is 4.43. The second kappa shape index (κ2) is 9.01. The quantitative estimate of drug-likeness (QED) is 0.874. The smallest absolute Gasteiger partial charge is 0.261 e. The zero-order chi connectivity index (χ0) is 15.2. The molecule has 1 aliphatic rings. The fourth-order valence-corrected chi connectivity index (χ4v) is 2.93. The number of nitrogens with two attached hydrogens (primary N) is 1. The summed E-state index contributed by atoms with van der Waals surface area (Å²) in [4.78, 5) is 12.3. The minimum absolute atomic E-state index is 0. The standard InChI is InChI=1S/C17H26N2O2.ClH/c1-12-6-5-8-15(10-12)21-13(2)17(20)19-16-9-4-3-7-14(16)11-18;/h5-6,8,10,13-14,16H,3-4,7,9,11,18H2,1-2H3,(H,19,20);1H. The number of nitrogens with one attached hydrogen (secondary N) is 1. The van der Waals surface area contributed by atoms with Gasteiger partial charge in [0.15, 0.2) is 6.10 Å². The van der Waals surface area contributed by atoms with Crippen molar-refractivity contribution in [2.75, 3.05) is 6.54 Å². The molecule has 3 unspecified atom stereocenters. The van der Waals surface area contributed by atoms with Crippen LogP contribution >= 0.6 is 12.4 Å². The fraction of sp³-hybridized carbons (Fsp3) is 0.588. The number of benzene rings is 1. The van der Waals surface area contributed by atoms with Crippen molar-refractivity contribution < 1.29 is 9.53 Å². The van der Waals surface area contributed by atoms with Crippen LogP contribution in [0.15, 0.2) is 24.3 Å². The maximum absolute atomic E-state index is 12.3. The largest absolute Gasteiger partial charge is 0.481 e. The summed E-state index contributed by atoms with van der Waals surface area (Å²) in [5.74, 6) is 1.08. The van der Waals surface area contributed by atoms with Gasteiger partial charge >= 0.3 is 0 Å². The average Bonchev–Trinajstić information content (AvgIpc) is 2.47. The third kappa shape index (κ3) is 5.18. The number of amides is 1. The summed E-state index contributed by atoms with van der Waals surface area (Å²) >= 11 is 0. The Kier molecular flexibility index (Phi) is 7.69. The van der Waals surface area contributed by atoms with E-state index in [0.717, 1.165) is 30.6 Å². The van der Waals surface area contributed by atoms with Gasteiger partial charge in [0, 0.05) is 6.04 Å². The molecule has 0 radical (unpaired) electrons. The van der Waals surface area contributed by atoms with Crippen LogP contribution in [0.3, 0.4) is 0 Å². The first-order valence-corrected chi connectivity index (χ1v) is 7.84. The molecule has 1 saturated carbocycles. The van der Waals surface area contributed by atoms with Gasteiger partial charge in [-0.2, -0.15) is 0 Å². The van der Waals surface area contributed by atoms with Crippen LogP contribution in [0.1, 0.15) is 38.2 Å². The molecule has 5 heteroatoms. The minimum Gasteiger partial charge on any atom is -0.481 e. The Labute approximate surface area is 139 Å². The van der Waals surface area contributed by atoms with Crippen molar-refractivity contribution in [3.63, 3.8) is 0 Å². The van der Waals surface area contributed by atoms with Gasteiger partial charge in [0.2, 0.25) is 0 Å². The fourth-order valence-electron chi connectivity index (χ4n) is 2.93. The van der Waals surface area contributed by atoms with E-state index in [0.29, 0.717) is 12.5 Å². The molecule has 0 aliphatic heterocycles. The summed E-state index contributed by atoms with van der Waals surface area (Å²) < 4.78 is 5.72. The lowest BCUT2D eigenvalue weighted by Gasteiger charge is -2.32. The predicted molar refractivity (Wildman–Crippen MR) is 91.5 cm³/mol. The third-order valence-electron chi connectivity index (χ3n) is 4.21. The molecule has 2 rings (SSSR count). The van der Waals surface area contributed by atoms with Gasteiger partial charge in [0.25, 0.3) is 5.91 Å². The molecule has 0 bridgehead atoms. The highest BCUT2D eigenvalue weighted by Gasteiger charge is 2.27. The molecule has 3 atom stereocenters. The lowest BCUT2D eigenvalue weighted by atomic mass is 9.84. The highest BCUT2D eigenvalue weighted by Crippen LogP contribution is 2.23. The van der Waals surface area contributed by atoms with Crippen molar-refractivity contribution in [1.29, 1.82) is 0 Å². The zero-order valence-corrected chi connectivity index (χ0v) is 14.2. The summed E-state index contributed by atoms with van der Waals surface area (Å²) in [5.41, 5.74) is 6.92. The van der Waals surface area contributed by atoms with E-state index in [9.17, 15) is 4.79 Å². The minimum atomic E-state index is -0.493. The predicted octanol–water partition coefficient (Wildman–Crippen LogP) is 2.82. The van der Waals surface area contributed by atoms with Crippen molar-refractivity contribution in [1.82, 2.24) is 5.32 Å². The van der Waals surface area contributed by atoms with E-state index in [1.165, 1.54) is 6.42 Å². The van der Waals surface area contributed by atoms with Gasteiger partial charge in [-0.25, -0.2) is 0 Å². The van der Waals surface area contributed by atoms with E-state index in [1.807, 2.05) is 31.2 Å². The average molecular weight is 327 g/mol. The molecule has 0 aromatic heterocycles. The van der Waals surface area contributed by atoms with Crippen LogP contribution < -0.4 is 15.8 Å². The molecule has 1 aromatic rings. The van der Waals surface area contributed by atoms with Crippen LogP contribution in [-0.4, -0.2) is 24.6 Å². The van der Waals surface area contributed by atoms with E-state index < -0.39 is 6.10 Å². The van der Waals surface area contributed by atoms with E-state index in [-0.39, 0.29) is 24.4 Å². The lowest BCUT2D eigenvalue weighted by Crippen LogP contribution is -2.48. The van der Waals surface area contributed by atoms with Gasteiger partial charge in [0.05, 0.1) is 0 Å². The normalized spacial score (nSPS) is 22.3. The number of hydrogen-bond acceptors (Lipinski definition) is 3. The number of aryl methyl sites for hydroxylation is 1. The first kappa shape index (κ1) is 18.8. The van der Waals surface area contributed by atoms with Crippen LogP contribution in [0, 0.1) is 12.8 Å². The Balaban J connectivity index is 0.00000242. The third-order valence-corrected chi connectivity index (χ3v) is 4.21. The van der Waals surface area contributed by atoms with Gasteiger partial charge in [-0.05, 0) is 56.8 Å². The number of hydrogen-bond donors (Lipinski definition) is 2. The molecule has 1 fully saturated rings. The summed E-state index contributed by atoms with van der Waals surface area (Å²) in [5, 5.41) is 3.11. The number of carbonyl (C=O) groups excluding carboxylic acids is 1. The molecule has 124 valence electrons. The summed E-state index contributed by atoms with van der Waals surface area (Å²) in [7, 11) is 0. The second-order valence-electron chi connectivity index (χ2n) is 5.97. The number of ether oxygens (including phenoxy) is 1. The molecule has 1 amide bonds. The molecule has 0 spiro atoms. The number of halogens is 1. The zero-order valence-electron chi connectivity index (χ0n) is 13.4. The SMILES string of the molecule is Cc1cccc(OC(C)C(=O)NC2CCCCC2CN)c1.Cl. The van der Waals surface area contributed by atoms with E-state index in [1.54, 1.807) is 6.92 Å². The molecule has 4 nitrogen and oxygen atoms in total. The van der Waals surface area contributed by atoms with Crippen LogP contribution in [-0.2, 0) is 4.79 Å². The van der Waals surface area contributed by atoms with Crippen molar-refractivity contribution in [2.45, 2.75) is 51.7 Å². The molecular weight excluding hydrogens is 300 g/mol. The van der Waals surface area contributed by atoms with Gasteiger partial charge in [-0.3, -0.25) is 4.79 Å². The molecule has 3 N–H and O–H groups in total. The summed E-state index contributed by atoms with van der Waals surface area (Å²) in [6.07, 6.45) is 4.00. The van der Waals surface area contributed by atoms with Gasteiger partial charge in [-0.1, -0.05) is 25.0 Å². The monoisotopic (exact) mass is 326 g/mol. The van der Waals surface area contributed by atoms with Crippen LogP contribution in [0.2, 0.25) is 0 Å². The second-order valence-corrected chi connectivity index (χ2v) is 5.97. The van der Waals surface area contributed by atoms with Gasteiger partial charge < -0.3 is 15.8 Å². The van der Waals surface area contributed by atoms with Crippen molar-refractivity contribution in [2.24, 2.45) is 11.7 Å². The molecular formula is C17H27ClN2O2. The topological polar surface area (TPSA) is 64.3 Å². The highest BCUT2D eigenvalue weighted by molar-refractivity contribution is 5.85. The molecule has 22 heavy (non-hydrogen) atoms. The van der Waals surface area contributed by atoms with Gasteiger partial charge in [-0.15, -0.1) is 12.4 Å². The summed E-state index contributed by atoms with van der Waals surface area (Å²) in [6, 6.07) is 7.94. The van der Waals surface area contributed by atoms with Crippen LogP contribution in [0.4, 0.5) is 0 Å². The van der Waals surface area contributed by atoms with Crippen LogP contribution in [0.25, 0.3) is 0 Å². The number of carbonyl (C=O) groups is 1. The van der Waals surface area contributed by atoms with Crippen molar-refractivity contribution >= 4 is 18.3 Å². The van der Waals surface area contributed by atoms with Crippen molar-refractivity contribution in [3.8, 4) is 5.75 Å². The highest BCUT2D eigenvalue weighted by atomic mass is 35.5. The first-order chi connectivity index (χ1) is 10.1. The Bertz CT molecular complexity index is 481. The van der Waals surface area contributed by atoms with E-state index >= 15 is 0 Å². The Morgan fingerprint density at radius 1 is 1.41 bits per heavy atom. The van der Waals surface area contributed by atoms with Crippen molar-refractivity contribution in [3.05, 3.63) is 29.8 Å². The molecule has 0 saturated heterocycles. The maximum atomic E-state index is 12.3. The van der Waals surface area contributed by atoms with E-state index in [4.69, 9.17) is 10.5 Å².